The van der Waals surface area contributed by atoms with E-state index in [1.165, 1.54) is 6.07 Å². The van der Waals surface area contributed by atoms with E-state index in [2.05, 4.69) is 19.9 Å². The van der Waals surface area contributed by atoms with Crippen LogP contribution in [0.2, 0.25) is 0 Å². The largest absolute Gasteiger partial charge is 0.573 e. The molecule has 0 saturated heterocycles. The molecule has 11 heteroatoms. The molecule has 34 heavy (non-hydrogen) atoms. The summed E-state index contributed by atoms with van der Waals surface area (Å²) in [4.78, 5) is 7.66. The third-order valence-electron chi connectivity index (χ3n) is 5.79. The average molecular weight is 470 g/mol. The van der Waals surface area contributed by atoms with Crippen molar-refractivity contribution in [3.63, 3.8) is 0 Å². The molecule has 0 aliphatic heterocycles. The number of hydrogen-bond donors (Lipinski definition) is 3. The molecule has 1 aliphatic rings. The van der Waals surface area contributed by atoms with Crippen molar-refractivity contribution in [2.45, 2.75) is 37.8 Å². The quantitative estimate of drug-likeness (QED) is 0.369. The zero-order valence-electron chi connectivity index (χ0n) is 17.4. The normalized spacial score (nSPS) is 15.6. The highest BCUT2D eigenvalue weighted by Crippen LogP contribution is 2.41. The first kappa shape index (κ1) is 21.9. The first-order valence-corrected chi connectivity index (χ1v) is 10.4. The second kappa shape index (κ2) is 8.16. The van der Waals surface area contributed by atoms with Crippen LogP contribution in [0.5, 0.6) is 5.75 Å². The van der Waals surface area contributed by atoms with Crippen LogP contribution >= 0.6 is 0 Å². The molecule has 0 amide bonds. The lowest BCUT2D eigenvalue weighted by atomic mass is 10.0. The Morgan fingerprint density at radius 2 is 2.03 bits per heavy atom. The van der Waals surface area contributed by atoms with Crippen LogP contribution in [0, 0.1) is 11.3 Å². The smallest absolute Gasteiger partial charge is 0.406 e. The second-order valence-electron chi connectivity index (χ2n) is 8.06. The number of aliphatic hydroxyl groups excluding tert-OH is 1. The van der Waals surface area contributed by atoms with Gasteiger partial charge in [0.2, 0.25) is 5.82 Å². The Kier molecular flexibility index (Phi) is 5.27. The lowest BCUT2D eigenvalue weighted by molar-refractivity contribution is -0.274. The van der Waals surface area contributed by atoms with Gasteiger partial charge >= 0.3 is 6.36 Å². The monoisotopic (exact) mass is 470 g/mol. The Hall–Kier alpha value is -3.88. The third kappa shape index (κ3) is 4.21. The van der Waals surface area contributed by atoms with Crippen molar-refractivity contribution in [3.8, 4) is 34.7 Å². The summed E-state index contributed by atoms with van der Waals surface area (Å²) in [7, 11) is 0. The highest BCUT2D eigenvalue weighted by atomic mass is 19.4. The maximum absolute atomic E-state index is 12.6. The van der Waals surface area contributed by atoms with E-state index < -0.39 is 18.4 Å². The molecular weight excluding hydrogens is 453 g/mol. The number of nitrogens with one attached hydrogen (secondary N) is 1. The van der Waals surface area contributed by atoms with Gasteiger partial charge in [0, 0.05) is 40.1 Å². The topological polar surface area (TPSA) is 128 Å². The Morgan fingerprint density at radius 1 is 1.21 bits per heavy atom. The minimum atomic E-state index is -4.91. The number of aliphatic hydroxyl groups is 2. The molecule has 0 saturated carbocycles. The van der Waals surface area contributed by atoms with Crippen LogP contribution < -0.4 is 4.74 Å². The second-order valence-corrected chi connectivity index (χ2v) is 8.06. The van der Waals surface area contributed by atoms with Crippen molar-refractivity contribution in [1.82, 2.24) is 15.1 Å². The maximum Gasteiger partial charge on any atom is 0.573 e. The molecule has 5 rings (SSSR count). The fraction of sp³-hybridized carbons (Fsp3) is 0.261. The zero-order valence-corrected chi connectivity index (χ0v) is 17.4. The first-order valence-electron chi connectivity index (χ1n) is 10.4. The Balaban J connectivity index is 1.48. The standard InChI is InChI=1S/C23H17F3N4O4/c24-23(25,26)33-15-6-11(10-27)5-14(7-15)22-29-21(30-34-22)13-2-4-18-17(8-13)16-3-1-12(9-19(31)32)20(16)28-18/h2,4-8,12,19,28,31-32H,1,3,9H2. The van der Waals surface area contributed by atoms with Crippen LogP contribution in [0.25, 0.3) is 33.7 Å². The van der Waals surface area contributed by atoms with E-state index in [1.807, 2.05) is 12.1 Å². The molecule has 0 radical (unpaired) electrons. The number of alkyl halides is 3. The van der Waals surface area contributed by atoms with E-state index in [0.717, 1.165) is 47.1 Å². The molecular formula is C23H17F3N4O4. The summed E-state index contributed by atoms with van der Waals surface area (Å²) in [5.74, 6) is -0.361. The molecule has 1 aliphatic carbocycles. The highest BCUT2D eigenvalue weighted by Gasteiger charge is 2.32. The number of fused-ring (bicyclic) bond motifs is 3. The molecule has 0 fully saturated rings. The molecule has 174 valence electrons. The number of hydrogen-bond acceptors (Lipinski definition) is 7. The van der Waals surface area contributed by atoms with Gasteiger partial charge in [0.05, 0.1) is 11.6 Å². The van der Waals surface area contributed by atoms with Crippen LogP contribution in [-0.4, -0.2) is 38.0 Å². The predicted octanol–water partition coefficient (Wildman–Crippen LogP) is 4.39. The number of ether oxygens (including phenoxy) is 1. The van der Waals surface area contributed by atoms with Crippen molar-refractivity contribution in [2.24, 2.45) is 0 Å². The molecule has 3 N–H and O–H groups in total. The van der Waals surface area contributed by atoms with Gasteiger partial charge in [0.1, 0.15) is 5.75 Å². The molecule has 2 heterocycles. The van der Waals surface area contributed by atoms with Crippen LogP contribution in [0.15, 0.2) is 40.9 Å². The van der Waals surface area contributed by atoms with E-state index in [4.69, 9.17) is 9.78 Å². The Bertz CT molecular complexity index is 1420. The van der Waals surface area contributed by atoms with Gasteiger partial charge in [-0.3, -0.25) is 0 Å². The average Bonchev–Trinajstić information content (AvgIpc) is 3.48. The van der Waals surface area contributed by atoms with Gasteiger partial charge < -0.3 is 24.5 Å². The number of benzene rings is 2. The summed E-state index contributed by atoms with van der Waals surface area (Å²) >= 11 is 0. The van der Waals surface area contributed by atoms with E-state index in [9.17, 15) is 23.4 Å². The summed E-state index contributed by atoms with van der Waals surface area (Å²) in [6, 6.07) is 10.7. The fourth-order valence-corrected chi connectivity index (χ4v) is 4.42. The van der Waals surface area contributed by atoms with Gasteiger partial charge in [-0.15, -0.1) is 13.2 Å². The zero-order chi connectivity index (χ0) is 24.0. The summed E-state index contributed by atoms with van der Waals surface area (Å²) in [5.41, 5.74) is 3.68. The number of aromatic nitrogens is 3. The number of aromatic amines is 1. The summed E-state index contributed by atoms with van der Waals surface area (Å²) in [6.07, 6.45) is -4.44. The van der Waals surface area contributed by atoms with Crippen LogP contribution in [0.1, 0.15) is 35.6 Å². The lowest BCUT2D eigenvalue weighted by Crippen LogP contribution is -2.17. The molecule has 2 aromatic carbocycles. The number of rotatable bonds is 5. The van der Waals surface area contributed by atoms with E-state index >= 15 is 0 Å². The number of aryl methyl sites for hydroxylation is 1. The van der Waals surface area contributed by atoms with E-state index in [-0.39, 0.29) is 35.2 Å². The van der Waals surface area contributed by atoms with Gasteiger partial charge in [-0.05, 0) is 54.8 Å². The van der Waals surface area contributed by atoms with Crippen molar-refractivity contribution >= 4 is 10.9 Å². The fourth-order valence-electron chi connectivity index (χ4n) is 4.42. The summed E-state index contributed by atoms with van der Waals surface area (Å²) < 4.78 is 47.1. The van der Waals surface area contributed by atoms with Gasteiger partial charge in [-0.25, -0.2) is 0 Å². The summed E-state index contributed by atoms with van der Waals surface area (Å²) in [6.45, 7) is 0. The van der Waals surface area contributed by atoms with Gasteiger partial charge in [0.25, 0.3) is 5.89 Å². The Labute approximate surface area is 190 Å². The molecule has 1 atom stereocenters. The molecule has 1 unspecified atom stereocenters. The minimum Gasteiger partial charge on any atom is -0.406 e. The van der Waals surface area contributed by atoms with Crippen LogP contribution in [-0.2, 0) is 6.42 Å². The molecule has 0 bridgehead atoms. The van der Waals surface area contributed by atoms with E-state index in [0.29, 0.717) is 5.56 Å². The van der Waals surface area contributed by atoms with Crippen molar-refractivity contribution in [3.05, 3.63) is 53.2 Å². The molecule has 2 aromatic heterocycles. The van der Waals surface area contributed by atoms with Crippen molar-refractivity contribution in [2.75, 3.05) is 0 Å². The van der Waals surface area contributed by atoms with Gasteiger partial charge in [0.15, 0.2) is 6.29 Å². The highest BCUT2D eigenvalue weighted by molar-refractivity contribution is 5.89. The molecule has 8 nitrogen and oxygen atoms in total. The van der Waals surface area contributed by atoms with Crippen LogP contribution in [0.4, 0.5) is 13.2 Å². The number of nitriles is 1. The van der Waals surface area contributed by atoms with Crippen molar-refractivity contribution in [1.29, 1.82) is 5.26 Å². The van der Waals surface area contributed by atoms with Crippen LogP contribution in [0.3, 0.4) is 0 Å². The minimum absolute atomic E-state index is 0.0307. The van der Waals surface area contributed by atoms with Crippen molar-refractivity contribution < 1.29 is 32.6 Å². The number of nitrogens with zero attached hydrogens (tertiary/aromatic N) is 3. The third-order valence-corrected chi connectivity index (χ3v) is 5.79. The van der Waals surface area contributed by atoms with Gasteiger partial charge in [-0.2, -0.15) is 10.2 Å². The number of H-pyrrole nitrogens is 1. The molecule has 0 spiro atoms. The lowest BCUT2D eigenvalue weighted by Gasteiger charge is -2.10. The molecule has 4 aromatic rings. The van der Waals surface area contributed by atoms with Gasteiger partial charge in [-0.1, -0.05) is 5.16 Å². The number of halogens is 3. The maximum atomic E-state index is 12.6. The predicted molar refractivity (Wildman–Crippen MR) is 112 cm³/mol. The summed E-state index contributed by atoms with van der Waals surface area (Å²) in [5, 5.41) is 32.7. The first-order chi connectivity index (χ1) is 16.2. The van der Waals surface area contributed by atoms with E-state index in [1.54, 1.807) is 12.1 Å². The Morgan fingerprint density at radius 3 is 2.76 bits per heavy atom. The SMILES string of the molecule is N#Cc1cc(OC(F)(F)F)cc(-c2nc(-c3ccc4[nH]c5c(c4c3)CCC5CC(O)O)no2)c1.